The van der Waals surface area contributed by atoms with E-state index in [1.807, 2.05) is 43.3 Å². The van der Waals surface area contributed by atoms with Gasteiger partial charge in [-0.05, 0) is 42.8 Å². The molecule has 2 aromatic carbocycles. The largest absolute Gasteiger partial charge is 0.508 e. The van der Waals surface area contributed by atoms with Gasteiger partial charge in [-0.2, -0.15) is 0 Å². The molecular weight excluding hydrogens is 266 g/mol. The van der Waals surface area contributed by atoms with Crippen LogP contribution in [0.2, 0.25) is 0 Å². The summed E-state index contributed by atoms with van der Waals surface area (Å²) in [5.74, 6) is 0.754. The number of anilines is 1. The first-order chi connectivity index (χ1) is 10.2. The van der Waals surface area contributed by atoms with Crippen LogP contribution in [-0.4, -0.2) is 15.3 Å². The number of benzene rings is 2. The van der Waals surface area contributed by atoms with Gasteiger partial charge in [-0.1, -0.05) is 18.2 Å². The lowest BCUT2D eigenvalue weighted by atomic mass is 10.1. The lowest BCUT2D eigenvalue weighted by molar-refractivity contribution is 0.474. The Kier molecular flexibility index (Phi) is 3.55. The first kappa shape index (κ1) is 13.2. The van der Waals surface area contributed by atoms with Crippen molar-refractivity contribution in [2.75, 3.05) is 5.32 Å². The van der Waals surface area contributed by atoms with Crippen molar-refractivity contribution < 1.29 is 9.52 Å². The summed E-state index contributed by atoms with van der Waals surface area (Å²) in [6.45, 7) is 2.04. The van der Waals surface area contributed by atoms with E-state index >= 15 is 0 Å². The lowest BCUT2D eigenvalue weighted by Gasteiger charge is -2.16. The molecule has 0 fully saturated rings. The molecular formula is C16H15N3O2. The maximum atomic E-state index is 9.54. The summed E-state index contributed by atoms with van der Waals surface area (Å²) >= 11 is 0. The average molecular weight is 281 g/mol. The fraction of sp³-hybridized carbons (Fsp3) is 0.125. The van der Waals surface area contributed by atoms with Crippen molar-refractivity contribution in [2.45, 2.75) is 13.0 Å². The lowest BCUT2D eigenvalue weighted by Crippen LogP contribution is -2.06. The Morgan fingerprint density at radius 1 is 1.14 bits per heavy atom. The van der Waals surface area contributed by atoms with Gasteiger partial charge in [0.25, 0.3) is 0 Å². The molecule has 0 bridgehead atoms. The minimum absolute atomic E-state index is 0.0648. The molecule has 1 atom stereocenters. The van der Waals surface area contributed by atoms with Crippen molar-refractivity contribution in [3.8, 4) is 17.2 Å². The van der Waals surface area contributed by atoms with Gasteiger partial charge in [0.2, 0.25) is 12.3 Å². The van der Waals surface area contributed by atoms with Crippen molar-refractivity contribution in [1.29, 1.82) is 0 Å². The summed E-state index contributed by atoms with van der Waals surface area (Å²) < 4.78 is 5.20. The molecule has 2 N–H and O–H groups in total. The summed E-state index contributed by atoms with van der Waals surface area (Å²) in [5, 5.41) is 20.5. The van der Waals surface area contributed by atoms with E-state index in [9.17, 15) is 5.11 Å². The van der Waals surface area contributed by atoms with Crippen LogP contribution in [0.15, 0.2) is 59.3 Å². The maximum Gasteiger partial charge on any atom is 0.247 e. The molecule has 21 heavy (non-hydrogen) atoms. The predicted molar refractivity (Wildman–Crippen MR) is 79.9 cm³/mol. The number of hydrogen-bond acceptors (Lipinski definition) is 5. The molecule has 3 aromatic rings. The molecule has 5 heteroatoms. The number of nitrogens with zero attached hydrogens (tertiary/aromatic N) is 2. The highest BCUT2D eigenvalue weighted by molar-refractivity contribution is 5.61. The molecule has 1 heterocycles. The van der Waals surface area contributed by atoms with E-state index in [4.69, 9.17) is 4.42 Å². The van der Waals surface area contributed by atoms with Crippen molar-refractivity contribution in [2.24, 2.45) is 0 Å². The standard InChI is InChI=1S/C16H15N3O2/c1-11(12-4-3-7-15(20)9-12)18-14-6-2-5-13(8-14)16-19-17-10-21-16/h2-11,18,20H,1H3. The Balaban J connectivity index is 1.80. The van der Waals surface area contributed by atoms with Gasteiger partial charge < -0.3 is 14.8 Å². The van der Waals surface area contributed by atoms with E-state index in [2.05, 4.69) is 15.5 Å². The second-order valence-corrected chi connectivity index (χ2v) is 4.79. The molecule has 1 unspecified atom stereocenters. The zero-order chi connectivity index (χ0) is 14.7. The van der Waals surface area contributed by atoms with Gasteiger partial charge in [0.05, 0.1) is 0 Å². The monoisotopic (exact) mass is 281 g/mol. The van der Waals surface area contributed by atoms with Gasteiger partial charge >= 0.3 is 0 Å². The van der Waals surface area contributed by atoms with Crippen LogP contribution < -0.4 is 5.32 Å². The van der Waals surface area contributed by atoms with E-state index in [1.54, 1.807) is 12.1 Å². The summed E-state index contributed by atoms with van der Waals surface area (Å²) in [4.78, 5) is 0. The Morgan fingerprint density at radius 3 is 2.76 bits per heavy atom. The highest BCUT2D eigenvalue weighted by Crippen LogP contribution is 2.25. The van der Waals surface area contributed by atoms with Crippen LogP contribution >= 0.6 is 0 Å². The highest BCUT2D eigenvalue weighted by atomic mass is 16.4. The van der Waals surface area contributed by atoms with E-state index in [1.165, 1.54) is 6.39 Å². The zero-order valence-corrected chi connectivity index (χ0v) is 11.5. The minimum atomic E-state index is 0.0648. The topological polar surface area (TPSA) is 71.2 Å². The molecule has 0 saturated carbocycles. The molecule has 0 spiro atoms. The van der Waals surface area contributed by atoms with Crippen molar-refractivity contribution in [1.82, 2.24) is 10.2 Å². The van der Waals surface area contributed by atoms with Crippen LogP contribution in [0.3, 0.4) is 0 Å². The Labute approximate surface area is 122 Å². The van der Waals surface area contributed by atoms with Crippen molar-refractivity contribution >= 4 is 5.69 Å². The fourth-order valence-corrected chi connectivity index (χ4v) is 2.17. The summed E-state index contributed by atoms with van der Waals surface area (Å²) in [6.07, 6.45) is 1.31. The predicted octanol–water partition coefficient (Wildman–Crippen LogP) is 3.62. The fourth-order valence-electron chi connectivity index (χ4n) is 2.17. The molecule has 0 radical (unpaired) electrons. The van der Waals surface area contributed by atoms with Crippen LogP contribution in [0.5, 0.6) is 5.75 Å². The van der Waals surface area contributed by atoms with Crippen molar-refractivity contribution in [3.05, 3.63) is 60.5 Å². The van der Waals surface area contributed by atoms with Crippen LogP contribution in [0.25, 0.3) is 11.5 Å². The van der Waals surface area contributed by atoms with E-state index in [0.29, 0.717) is 5.89 Å². The quantitative estimate of drug-likeness (QED) is 0.764. The number of phenolic OH excluding ortho intramolecular Hbond substituents is 1. The molecule has 0 aliphatic carbocycles. The maximum absolute atomic E-state index is 9.54. The van der Waals surface area contributed by atoms with Crippen molar-refractivity contribution in [3.63, 3.8) is 0 Å². The van der Waals surface area contributed by atoms with Gasteiger partial charge in [-0.15, -0.1) is 10.2 Å². The first-order valence-electron chi connectivity index (χ1n) is 6.64. The van der Waals surface area contributed by atoms with E-state index < -0.39 is 0 Å². The zero-order valence-electron chi connectivity index (χ0n) is 11.5. The van der Waals surface area contributed by atoms with Gasteiger partial charge in [-0.25, -0.2) is 0 Å². The smallest absolute Gasteiger partial charge is 0.247 e. The molecule has 5 nitrogen and oxygen atoms in total. The third-order valence-electron chi connectivity index (χ3n) is 3.22. The Bertz CT molecular complexity index is 726. The summed E-state index contributed by atoms with van der Waals surface area (Å²) in [5.41, 5.74) is 2.82. The number of aromatic nitrogens is 2. The second kappa shape index (κ2) is 5.66. The van der Waals surface area contributed by atoms with Crippen LogP contribution in [0.4, 0.5) is 5.69 Å². The van der Waals surface area contributed by atoms with Crippen LogP contribution in [0, 0.1) is 0 Å². The number of aromatic hydroxyl groups is 1. The molecule has 3 rings (SSSR count). The number of nitrogens with one attached hydrogen (secondary N) is 1. The second-order valence-electron chi connectivity index (χ2n) is 4.79. The molecule has 0 aliphatic rings. The number of hydrogen-bond donors (Lipinski definition) is 2. The molecule has 1 aromatic heterocycles. The molecule has 0 saturated heterocycles. The van der Waals surface area contributed by atoms with Crippen LogP contribution in [0.1, 0.15) is 18.5 Å². The average Bonchev–Trinajstić information content (AvgIpc) is 3.02. The summed E-state index contributed by atoms with van der Waals surface area (Å²) in [7, 11) is 0. The summed E-state index contributed by atoms with van der Waals surface area (Å²) in [6, 6.07) is 15.0. The Hall–Kier alpha value is -2.82. The van der Waals surface area contributed by atoms with Gasteiger partial charge in [0, 0.05) is 17.3 Å². The number of phenols is 1. The number of rotatable bonds is 4. The normalized spacial score (nSPS) is 12.0. The minimum Gasteiger partial charge on any atom is -0.508 e. The third kappa shape index (κ3) is 3.02. The van der Waals surface area contributed by atoms with Gasteiger partial charge in [0.15, 0.2) is 0 Å². The first-order valence-corrected chi connectivity index (χ1v) is 6.64. The molecule has 0 aliphatic heterocycles. The van der Waals surface area contributed by atoms with Gasteiger partial charge in [0.1, 0.15) is 5.75 Å². The molecule has 106 valence electrons. The van der Waals surface area contributed by atoms with E-state index in [-0.39, 0.29) is 11.8 Å². The SMILES string of the molecule is CC(Nc1cccc(-c2nnco2)c1)c1cccc(O)c1. The highest BCUT2D eigenvalue weighted by Gasteiger charge is 2.08. The van der Waals surface area contributed by atoms with E-state index in [0.717, 1.165) is 16.8 Å². The molecule has 0 amide bonds. The Morgan fingerprint density at radius 2 is 2.00 bits per heavy atom. The van der Waals surface area contributed by atoms with Gasteiger partial charge in [-0.3, -0.25) is 0 Å². The third-order valence-corrected chi connectivity index (χ3v) is 3.22. The van der Waals surface area contributed by atoms with Crippen LogP contribution in [-0.2, 0) is 0 Å².